The van der Waals surface area contributed by atoms with Crippen LogP contribution in [-0.4, -0.2) is 49.2 Å². The molecule has 4 aliphatic rings. The summed E-state index contributed by atoms with van der Waals surface area (Å²) in [5.41, 5.74) is 2.43. The molecule has 7 rings (SSSR count). The van der Waals surface area contributed by atoms with E-state index >= 15 is 4.39 Å². The van der Waals surface area contributed by atoms with Crippen LogP contribution in [0.2, 0.25) is 0 Å². The number of carbonyl (C=O) groups excluding carboxylic acids is 2. The number of hydrogen-bond donors (Lipinski definition) is 2. The van der Waals surface area contributed by atoms with Gasteiger partial charge < -0.3 is 24.4 Å². The number of cyclic esters (lactones) is 1. The zero-order valence-corrected chi connectivity index (χ0v) is 21.7. The second-order valence-electron chi connectivity index (χ2n) is 11.1. The first kappa shape index (κ1) is 24.4. The topological polar surface area (TPSA) is 122 Å². The lowest BCUT2D eigenvalue weighted by molar-refractivity contribution is -0.172. The summed E-state index contributed by atoms with van der Waals surface area (Å²) in [5, 5.41) is 22.4. The van der Waals surface area contributed by atoms with Gasteiger partial charge in [0.25, 0.3) is 11.5 Å². The summed E-state index contributed by atoms with van der Waals surface area (Å²) in [4.78, 5) is 46.0. The summed E-state index contributed by atoms with van der Waals surface area (Å²) in [7, 11) is 0. The fraction of sp³-hybridized carbons (Fsp3) is 0.448. The normalized spacial score (nSPS) is 25.4. The van der Waals surface area contributed by atoms with Crippen LogP contribution in [0.15, 0.2) is 16.9 Å². The van der Waals surface area contributed by atoms with E-state index in [9.17, 15) is 24.6 Å². The number of carbonyl (C=O) groups is 2. The number of pyridine rings is 2. The van der Waals surface area contributed by atoms with Crippen molar-refractivity contribution < 1.29 is 28.9 Å². The van der Waals surface area contributed by atoms with Gasteiger partial charge in [-0.05, 0) is 61.8 Å². The standard InChI is InChI=1S/C29H28FN3O6/c1-3-29(38)17-9-21-25-15(11-33(21)26(35)16(17)12-39-28(29)37)24-20(32-8-4-5-22(34)27(32)36)7-6-14-13(2)18(30)10-19(31-25)23(14)24/h9-10,20,22,34,38H,3-8,11-12H2,1-2H3/t20-,22?,29-/m0/s1. The smallest absolute Gasteiger partial charge is 0.343 e. The Morgan fingerprint density at radius 3 is 2.74 bits per heavy atom. The average molecular weight is 534 g/mol. The number of likely N-dealkylation sites (tertiary alicyclic amines) is 1. The Balaban J connectivity index is 1.52. The van der Waals surface area contributed by atoms with E-state index in [1.165, 1.54) is 6.07 Å². The van der Waals surface area contributed by atoms with Gasteiger partial charge in [0.1, 0.15) is 18.5 Å². The summed E-state index contributed by atoms with van der Waals surface area (Å²) in [6, 6.07) is 2.67. The van der Waals surface area contributed by atoms with Crippen molar-refractivity contribution in [1.82, 2.24) is 14.5 Å². The van der Waals surface area contributed by atoms with Gasteiger partial charge in [-0.3, -0.25) is 9.59 Å². The van der Waals surface area contributed by atoms with Crippen molar-refractivity contribution in [3.8, 4) is 11.4 Å². The quantitative estimate of drug-likeness (QED) is 0.380. The van der Waals surface area contributed by atoms with Crippen molar-refractivity contribution in [2.24, 2.45) is 0 Å². The Morgan fingerprint density at radius 2 is 1.97 bits per heavy atom. The van der Waals surface area contributed by atoms with E-state index in [2.05, 4.69) is 0 Å². The van der Waals surface area contributed by atoms with Crippen LogP contribution in [0.5, 0.6) is 0 Å². The Morgan fingerprint density at radius 1 is 1.18 bits per heavy atom. The van der Waals surface area contributed by atoms with Crippen LogP contribution in [-0.2, 0) is 39.5 Å². The maximum absolute atomic E-state index is 15.1. The highest BCUT2D eigenvalue weighted by Crippen LogP contribution is 2.48. The third-order valence-electron chi connectivity index (χ3n) is 9.17. The van der Waals surface area contributed by atoms with Gasteiger partial charge in [-0.2, -0.15) is 0 Å². The third-order valence-corrected chi connectivity index (χ3v) is 9.17. The molecule has 39 heavy (non-hydrogen) atoms. The Bertz CT molecular complexity index is 1700. The van der Waals surface area contributed by atoms with Gasteiger partial charge in [0, 0.05) is 29.1 Å². The monoisotopic (exact) mass is 533 g/mol. The molecule has 0 spiro atoms. The van der Waals surface area contributed by atoms with E-state index in [4.69, 9.17) is 9.72 Å². The predicted molar refractivity (Wildman–Crippen MR) is 137 cm³/mol. The number of amides is 1. The molecule has 1 fully saturated rings. The molecular formula is C29H28FN3O6. The van der Waals surface area contributed by atoms with Gasteiger partial charge in [0.15, 0.2) is 5.60 Å². The fourth-order valence-electron chi connectivity index (χ4n) is 7.03. The van der Waals surface area contributed by atoms with Crippen LogP contribution in [0.25, 0.3) is 22.3 Å². The molecule has 9 nitrogen and oxygen atoms in total. The number of fused-ring (bicyclic) bond motifs is 5. The zero-order chi connectivity index (χ0) is 27.4. The average Bonchev–Trinajstić information content (AvgIpc) is 3.30. The molecule has 1 aromatic carbocycles. The summed E-state index contributed by atoms with van der Waals surface area (Å²) in [6.45, 7) is 3.84. The number of rotatable bonds is 2. The van der Waals surface area contributed by atoms with Crippen LogP contribution in [0.3, 0.4) is 0 Å². The maximum Gasteiger partial charge on any atom is 0.343 e. The number of aliphatic hydroxyl groups excluding tert-OH is 1. The Labute approximate surface area is 222 Å². The molecule has 10 heteroatoms. The molecular weight excluding hydrogens is 505 g/mol. The van der Waals surface area contributed by atoms with Gasteiger partial charge in [0.05, 0.1) is 35.1 Å². The number of aryl methyl sites for hydroxylation is 1. The second kappa shape index (κ2) is 8.19. The number of halogens is 1. The van der Waals surface area contributed by atoms with Crippen LogP contribution in [0.1, 0.15) is 72.0 Å². The minimum Gasteiger partial charge on any atom is -0.458 e. The van der Waals surface area contributed by atoms with E-state index in [-0.39, 0.29) is 54.0 Å². The summed E-state index contributed by atoms with van der Waals surface area (Å²) < 4.78 is 21.8. The molecule has 1 unspecified atom stereocenters. The van der Waals surface area contributed by atoms with Crippen LogP contribution in [0.4, 0.5) is 4.39 Å². The first-order valence-electron chi connectivity index (χ1n) is 13.5. The molecule has 202 valence electrons. The second-order valence-corrected chi connectivity index (χ2v) is 11.1. The first-order valence-corrected chi connectivity index (χ1v) is 13.5. The molecule has 0 bridgehead atoms. The maximum atomic E-state index is 15.1. The van der Waals surface area contributed by atoms with E-state index in [0.29, 0.717) is 54.7 Å². The summed E-state index contributed by atoms with van der Waals surface area (Å²) >= 11 is 0. The zero-order valence-electron chi connectivity index (χ0n) is 21.7. The Hall–Kier alpha value is -3.63. The molecule has 3 atom stereocenters. The highest BCUT2D eigenvalue weighted by Gasteiger charge is 2.46. The van der Waals surface area contributed by atoms with Crippen molar-refractivity contribution in [3.05, 3.63) is 61.7 Å². The molecule has 5 heterocycles. The minimum absolute atomic E-state index is 0.0281. The molecule has 1 saturated heterocycles. The summed E-state index contributed by atoms with van der Waals surface area (Å²) in [5.74, 6) is -1.49. The molecule has 3 aliphatic heterocycles. The van der Waals surface area contributed by atoms with E-state index in [1.807, 2.05) is 0 Å². The van der Waals surface area contributed by atoms with Crippen LogP contribution >= 0.6 is 0 Å². The van der Waals surface area contributed by atoms with Crippen LogP contribution < -0.4 is 5.56 Å². The van der Waals surface area contributed by atoms with Crippen LogP contribution in [0, 0.1) is 12.7 Å². The molecule has 2 aromatic heterocycles. The van der Waals surface area contributed by atoms with Gasteiger partial charge in [-0.25, -0.2) is 14.2 Å². The van der Waals surface area contributed by atoms with Gasteiger partial charge in [-0.1, -0.05) is 6.92 Å². The lowest BCUT2D eigenvalue weighted by atomic mass is 9.80. The minimum atomic E-state index is -1.95. The molecule has 1 aliphatic carbocycles. The predicted octanol–water partition coefficient (Wildman–Crippen LogP) is 2.50. The molecule has 2 N–H and O–H groups in total. The SMILES string of the molecule is CC[C@@]1(O)C(=O)OCc2c1cc1n(c2=O)Cc2c-1nc1cc(F)c(C)c3c1c2[C@@H](N1CCCC(O)C1=O)CC3. The lowest BCUT2D eigenvalue weighted by Crippen LogP contribution is -2.46. The van der Waals surface area contributed by atoms with Gasteiger partial charge >= 0.3 is 5.97 Å². The highest BCUT2D eigenvalue weighted by molar-refractivity contribution is 5.94. The van der Waals surface area contributed by atoms with E-state index in [0.717, 1.165) is 22.1 Å². The largest absolute Gasteiger partial charge is 0.458 e. The van der Waals surface area contributed by atoms with Crippen molar-refractivity contribution in [1.29, 1.82) is 0 Å². The molecule has 1 amide bonds. The number of benzene rings is 1. The fourth-order valence-corrected chi connectivity index (χ4v) is 7.03. The van der Waals surface area contributed by atoms with Gasteiger partial charge in [-0.15, -0.1) is 0 Å². The summed E-state index contributed by atoms with van der Waals surface area (Å²) in [6.07, 6.45) is 1.17. The molecule has 0 radical (unpaired) electrons. The Kier molecular flexibility index (Phi) is 5.13. The number of ether oxygens (including phenoxy) is 1. The molecule has 3 aromatic rings. The number of esters is 1. The number of nitrogens with zero attached hydrogens (tertiary/aromatic N) is 3. The third kappa shape index (κ3) is 3.12. The first-order chi connectivity index (χ1) is 18.7. The number of aromatic nitrogens is 2. The van der Waals surface area contributed by atoms with Crippen molar-refractivity contribution in [2.75, 3.05) is 6.54 Å². The highest BCUT2D eigenvalue weighted by atomic mass is 19.1. The lowest BCUT2D eigenvalue weighted by Gasteiger charge is -2.40. The van der Waals surface area contributed by atoms with E-state index < -0.39 is 17.7 Å². The van der Waals surface area contributed by atoms with Crippen molar-refractivity contribution >= 4 is 22.8 Å². The number of hydrogen-bond acceptors (Lipinski definition) is 7. The molecule has 0 saturated carbocycles. The van der Waals surface area contributed by atoms with Crippen molar-refractivity contribution in [3.63, 3.8) is 0 Å². The number of aliphatic hydroxyl groups is 2. The number of piperidine rings is 1. The van der Waals surface area contributed by atoms with E-state index in [1.54, 1.807) is 29.4 Å². The van der Waals surface area contributed by atoms with Crippen molar-refractivity contribution in [2.45, 2.75) is 76.9 Å². The van der Waals surface area contributed by atoms with Gasteiger partial charge in [0.2, 0.25) is 0 Å².